The van der Waals surface area contributed by atoms with Crippen molar-refractivity contribution in [2.24, 2.45) is 5.14 Å². The summed E-state index contributed by atoms with van der Waals surface area (Å²) in [6, 6.07) is 10.1. The van der Waals surface area contributed by atoms with Crippen molar-refractivity contribution >= 4 is 20.8 Å². The van der Waals surface area contributed by atoms with Crippen LogP contribution in [-0.4, -0.2) is 15.5 Å². The van der Waals surface area contributed by atoms with Crippen molar-refractivity contribution in [3.8, 4) is 5.75 Å². The number of benzene rings is 2. The Balaban J connectivity index is 2.90. The van der Waals surface area contributed by atoms with Crippen molar-refractivity contribution in [1.29, 1.82) is 0 Å². The van der Waals surface area contributed by atoms with Crippen LogP contribution in [-0.2, 0) is 10.0 Å². The van der Waals surface area contributed by atoms with Crippen LogP contribution in [0.5, 0.6) is 5.75 Å². The van der Waals surface area contributed by atoms with E-state index < -0.39 is 10.0 Å². The molecule has 5 heteroatoms. The van der Waals surface area contributed by atoms with Gasteiger partial charge in [0.05, 0.1) is 12.0 Å². The van der Waals surface area contributed by atoms with Crippen LogP contribution in [0, 0.1) is 0 Å². The lowest BCUT2D eigenvalue weighted by Gasteiger charge is -2.07. The highest BCUT2D eigenvalue weighted by molar-refractivity contribution is 7.89. The molecule has 4 nitrogen and oxygen atoms in total. The van der Waals surface area contributed by atoms with Gasteiger partial charge < -0.3 is 4.74 Å². The molecule has 84 valence electrons. The van der Waals surface area contributed by atoms with Gasteiger partial charge in [-0.1, -0.05) is 24.3 Å². The van der Waals surface area contributed by atoms with Crippen molar-refractivity contribution in [2.75, 3.05) is 7.11 Å². The number of rotatable bonds is 2. The molecule has 16 heavy (non-hydrogen) atoms. The first kappa shape index (κ1) is 10.9. The maximum absolute atomic E-state index is 11.4. The molecule has 0 unspecified atom stereocenters. The molecule has 0 saturated carbocycles. The molecule has 0 aliphatic heterocycles. The Bertz CT molecular complexity index is 635. The minimum atomic E-state index is -3.71. The predicted octanol–water partition coefficient (Wildman–Crippen LogP) is 1.50. The van der Waals surface area contributed by atoms with Crippen LogP contribution in [0.2, 0.25) is 0 Å². The number of primary sulfonamides is 1. The third kappa shape index (κ3) is 1.75. The Morgan fingerprint density at radius 2 is 1.69 bits per heavy atom. The van der Waals surface area contributed by atoms with Gasteiger partial charge in [-0.2, -0.15) is 0 Å². The highest BCUT2D eigenvalue weighted by atomic mass is 32.2. The lowest BCUT2D eigenvalue weighted by molar-refractivity contribution is 0.420. The maximum Gasteiger partial charge on any atom is 0.238 e. The Morgan fingerprint density at radius 3 is 2.31 bits per heavy atom. The Kier molecular flexibility index (Phi) is 2.57. The molecule has 0 spiro atoms. The lowest BCUT2D eigenvalue weighted by atomic mass is 10.1. The monoisotopic (exact) mass is 237 g/mol. The molecule has 0 heterocycles. The molecule has 2 aromatic rings. The van der Waals surface area contributed by atoms with E-state index in [1.54, 1.807) is 37.4 Å². The van der Waals surface area contributed by atoms with Crippen molar-refractivity contribution in [1.82, 2.24) is 0 Å². The van der Waals surface area contributed by atoms with E-state index in [0.29, 0.717) is 11.1 Å². The van der Waals surface area contributed by atoms with Crippen molar-refractivity contribution in [3.05, 3.63) is 36.4 Å². The van der Waals surface area contributed by atoms with E-state index in [1.165, 1.54) is 6.07 Å². The molecule has 2 aromatic carbocycles. The van der Waals surface area contributed by atoms with Crippen molar-refractivity contribution in [2.45, 2.75) is 4.90 Å². The Morgan fingerprint density at radius 1 is 1.06 bits per heavy atom. The van der Waals surface area contributed by atoms with Crippen LogP contribution in [0.3, 0.4) is 0 Å². The SMILES string of the molecule is COc1cccc2c(S(N)(=O)=O)cccc12. The van der Waals surface area contributed by atoms with E-state index in [1.807, 2.05) is 0 Å². The minimum Gasteiger partial charge on any atom is -0.496 e. The fraction of sp³-hybridized carbons (Fsp3) is 0.0909. The molecule has 2 N–H and O–H groups in total. The van der Waals surface area contributed by atoms with Crippen molar-refractivity contribution in [3.63, 3.8) is 0 Å². The zero-order valence-electron chi connectivity index (χ0n) is 8.67. The molecule has 0 fully saturated rings. The molecule has 0 aliphatic carbocycles. The predicted molar refractivity (Wildman–Crippen MR) is 61.9 cm³/mol. The summed E-state index contributed by atoms with van der Waals surface area (Å²) in [5.74, 6) is 0.628. The van der Waals surface area contributed by atoms with E-state index in [4.69, 9.17) is 9.88 Å². The van der Waals surface area contributed by atoms with E-state index in [0.717, 1.165) is 5.39 Å². The van der Waals surface area contributed by atoms with Crippen molar-refractivity contribution < 1.29 is 13.2 Å². The van der Waals surface area contributed by atoms with Gasteiger partial charge in [0.1, 0.15) is 5.75 Å². The second kappa shape index (κ2) is 3.77. The minimum absolute atomic E-state index is 0.115. The smallest absolute Gasteiger partial charge is 0.238 e. The van der Waals surface area contributed by atoms with Gasteiger partial charge in [-0.15, -0.1) is 0 Å². The number of hydrogen-bond donors (Lipinski definition) is 1. The van der Waals surface area contributed by atoms with E-state index in [-0.39, 0.29) is 4.90 Å². The van der Waals surface area contributed by atoms with Crippen LogP contribution >= 0.6 is 0 Å². The average Bonchev–Trinajstić information content (AvgIpc) is 2.26. The zero-order chi connectivity index (χ0) is 11.8. The second-order valence-electron chi connectivity index (χ2n) is 3.36. The topological polar surface area (TPSA) is 69.4 Å². The molecule has 0 bridgehead atoms. The van der Waals surface area contributed by atoms with Crippen LogP contribution in [0.15, 0.2) is 41.3 Å². The third-order valence-electron chi connectivity index (χ3n) is 2.37. The summed E-state index contributed by atoms with van der Waals surface area (Å²) in [5, 5.41) is 6.45. The number of hydrogen-bond acceptors (Lipinski definition) is 3. The van der Waals surface area contributed by atoms with Gasteiger partial charge in [0.15, 0.2) is 0 Å². The Labute approximate surface area is 93.7 Å². The molecular formula is C11H11NO3S. The summed E-state index contributed by atoms with van der Waals surface area (Å²) < 4.78 is 27.9. The highest BCUT2D eigenvalue weighted by Crippen LogP contribution is 2.29. The first-order chi connectivity index (χ1) is 7.54. The number of nitrogens with two attached hydrogens (primary N) is 1. The first-order valence-corrected chi connectivity index (χ1v) is 6.17. The van der Waals surface area contributed by atoms with Gasteiger partial charge in [0.25, 0.3) is 0 Å². The zero-order valence-corrected chi connectivity index (χ0v) is 9.49. The average molecular weight is 237 g/mol. The number of sulfonamides is 1. The van der Waals surface area contributed by atoms with Gasteiger partial charge in [-0.25, -0.2) is 13.6 Å². The quantitative estimate of drug-likeness (QED) is 0.860. The van der Waals surface area contributed by atoms with Gasteiger partial charge in [0, 0.05) is 10.8 Å². The summed E-state index contributed by atoms with van der Waals surface area (Å²) in [6.45, 7) is 0. The third-order valence-corrected chi connectivity index (χ3v) is 3.34. The van der Waals surface area contributed by atoms with Crippen LogP contribution < -0.4 is 9.88 Å². The normalized spacial score (nSPS) is 11.6. The largest absolute Gasteiger partial charge is 0.496 e. The van der Waals surface area contributed by atoms with E-state index in [2.05, 4.69) is 0 Å². The van der Waals surface area contributed by atoms with Crippen LogP contribution in [0.25, 0.3) is 10.8 Å². The van der Waals surface area contributed by atoms with Gasteiger partial charge >= 0.3 is 0 Å². The fourth-order valence-electron chi connectivity index (χ4n) is 1.68. The van der Waals surface area contributed by atoms with E-state index >= 15 is 0 Å². The lowest BCUT2D eigenvalue weighted by Crippen LogP contribution is -2.12. The van der Waals surface area contributed by atoms with Crippen LogP contribution in [0.1, 0.15) is 0 Å². The van der Waals surface area contributed by atoms with E-state index in [9.17, 15) is 8.42 Å². The summed E-state index contributed by atoms with van der Waals surface area (Å²) in [5.41, 5.74) is 0. The summed E-state index contributed by atoms with van der Waals surface area (Å²) in [6.07, 6.45) is 0. The molecular weight excluding hydrogens is 226 g/mol. The second-order valence-corrected chi connectivity index (χ2v) is 4.89. The molecule has 0 aromatic heterocycles. The van der Waals surface area contributed by atoms with Crippen LogP contribution in [0.4, 0.5) is 0 Å². The molecule has 0 atom stereocenters. The van der Waals surface area contributed by atoms with Gasteiger partial charge in [-0.05, 0) is 12.1 Å². The number of methoxy groups -OCH3 is 1. The molecule has 2 rings (SSSR count). The van der Waals surface area contributed by atoms with Gasteiger partial charge in [0.2, 0.25) is 10.0 Å². The summed E-state index contributed by atoms with van der Waals surface area (Å²) in [7, 11) is -2.17. The molecule has 0 amide bonds. The fourth-order valence-corrected chi connectivity index (χ4v) is 2.43. The summed E-state index contributed by atoms with van der Waals surface area (Å²) >= 11 is 0. The highest BCUT2D eigenvalue weighted by Gasteiger charge is 2.13. The number of fused-ring (bicyclic) bond motifs is 1. The molecule has 0 aliphatic rings. The maximum atomic E-state index is 11.4. The first-order valence-electron chi connectivity index (χ1n) is 4.62. The van der Waals surface area contributed by atoms with Gasteiger partial charge in [-0.3, -0.25) is 0 Å². The summed E-state index contributed by atoms with van der Waals surface area (Å²) in [4.78, 5) is 0.115. The number of ether oxygens (including phenoxy) is 1. The Hall–Kier alpha value is -1.59. The molecule has 0 saturated heterocycles. The standard InChI is InChI=1S/C11H11NO3S/c1-15-10-6-2-5-9-8(10)4-3-7-11(9)16(12,13)14/h2-7H,1H3,(H2,12,13,14). The molecule has 0 radical (unpaired) electrons.